The number of hydrogen-bond donors (Lipinski definition) is 1. The first-order valence-corrected chi connectivity index (χ1v) is 11.9. The molecular formula is C23H38N4O3. The van der Waals surface area contributed by atoms with Crippen molar-refractivity contribution in [3.05, 3.63) is 0 Å². The van der Waals surface area contributed by atoms with E-state index in [4.69, 9.17) is 0 Å². The average Bonchev–Trinajstić information content (AvgIpc) is 3.55. The topological polar surface area (TPSA) is 73.0 Å². The molecule has 4 fully saturated rings. The average molecular weight is 419 g/mol. The van der Waals surface area contributed by atoms with Gasteiger partial charge in [0.25, 0.3) is 0 Å². The van der Waals surface area contributed by atoms with E-state index < -0.39 is 6.04 Å². The number of hydrogen-bond acceptors (Lipinski definition) is 4. The maximum Gasteiger partial charge on any atom is 0.245 e. The molecule has 2 heterocycles. The van der Waals surface area contributed by atoms with Gasteiger partial charge in [0.05, 0.1) is 6.04 Å². The molecule has 2 aliphatic heterocycles. The summed E-state index contributed by atoms with van der Waals surface area (Å²) in [6.45, 7) is 9.96. The second-order valence-corrected chi connectivity index (χ2v) is 10.9. The van der Waals surface area contributed by atoms with Gasteiger partial charge >= 0.3 is 0 Å². The van der Waals surface area contributed by atoms with Crippen LogP contribution in [0.5, 0.6) is 0 Å². The maximum absolute atomic E-state index is 13.5. The molecule has 0 bridgehead atoms. The fourth-order valence-corrected chi connectivity index (χ4v) is 4.94. The summed E-state index contributed by atoms with van der Waals surface area (Å²) < 4.78 is 0. The minimum Gasteiger partial charge on any atom is -0.340 e. The zero-order chi connectivity index (χ0) is 21.5. The lowest BCUT2D eigenvalue weighted by Crippen LogP contribution is -2.49. The van der Waals surface area contributed by atoms with Crippen LogP contribution in [0, 0.1) is 11.3 Å². The predicted molar refractivity (Wildman–Crippen MR) is 115 cm³/mol. The molecule has 2 saturated heterocycles. The Morgan fingerprint density at radius 1 is 0.967 bits per heavy atom. The van der Waals surface area contributed by atoms with E-state index in [2.05, 4.69) is 31.0 Å². The lowest BCUT2D eigenvalue weighted by atomic mass is 9.91. The van der Waals surface area contributed by atoms with Crippen molar-refractivity contribution in [2.24, 2.45) is 11.3 Å². The highest BCUT2D eigenvalue weighted by atomic mass is 16.2. The highest BCUT2D eigenvalue weighted by molar-refractivity contribution is 5.90. The van der Waals surface area contributed by atoms with Crippen LogP contribution in [0.3, 0.4) is 0 Å². The van der Waals surface area contributed by atoms with Gasteiger partial charge in [-0.25, -0.2) is 0 Å². The molecular weight excluding hydrogens is 380 g/mol. The van der Waals surface area contributed by atoms with Crippen molar-refractivity contribution in [3.63, 3.8) is 0 Å². The molecule has 0 aromatic carbocycles. The minimum atomic E-state index is -0.412. The van der Waals surface area contributed by atoms with E-state index in [1.54, 1.807) is 0 Å². The van der Waals surface area contributed by atoms with Gasteiger partial charge in [-0.15, -0.1) is 0 Å². The third-order valence-corrected chi connectivity index (χ3v) is 6.73. The van der Waals surface area contributed by atoms with Crippen LogP contribution in [-0.2, 0) is 14.4 Å². The standard InChI is InChI=1S/C23H38N4O3/c1-23(2,3)14-20(28)27(17-7-8-17)18-13-19(26(15-18)21(29)16-5-6-16)22(30)25-11-4-9-24-10-12-25/h16-19,24H,4-15H2,1-3H3. The Hall–Kier alpha value is -1.63. The molecule has 7 heteroatoms. The summed E-state index contributed by atoms with van der Waals surface area (Å²) in [5.74, 6) is 0.474. The van der Waals surface area contributed by atoms with Crippen molar-refractivity contribution in [1.29, 1.82) is 0 Å². The van der Waals surface area contributed by atoms with Gasteiger partial charge in [0, 0.05) is 44.6 Å². The van der Waals surface area contributed by atoms with Crippen LogP contribution in [0.1, 0.15) is 65.7 Å². The Morgan fingerprint density at radius 3 is 2.33 bits per heavy atom. The Bertz CT molecular complexity index is 672. The number of nitrogens with zero attached hydrogens (tertiary/aromatic N) is 3. The molecule has 168 valence electrons. The molecule has 7 nitrogen and oxygen atoms in total. The summed E-state index contributed by atoms with van der Waals surface area (Å²) >= 11 is 0. The third-order valence-electron chi connectivity index (χ3n) is 6.73. The van der Waals surface area contributed by atoms with Gasteiger partial charge < -0.3 is 20.0 Å². The lowest BCUT2D eigenvalue weighted by molar-refractivity contribution is -0.144. The van der Waals surface area contributed by atoms with Crippen LogP contribution in [-0.4, -0.2) is 83.3 Å². The third kappa shape index (κ3) is 4.98. The summed E-state index contributed by atoms with van der Waals surface area (Å²) in [5, 5.41) is 3.34. The van der Waals surface area contributed by atoms with Crippen molar-refractivity contribution >= 4 is 17.7 Å². The van der Waals surface area contributed by atoms with Crippen LogP contribution >= 0.6 is 0 Å². The molecule has 0 spiro atoms. The van der Waals surface area contributed by atoms with Crippen molar-refractivity contribution in [2.45, 2.75) is 83.8 Å². The van der Waals surface area contributed by atoms with Gasteiger partial charge in [-0.2, -0.15) is 0 Å². The number of carbonyl (C=O) groups is 3. The fourth-order valence-electron chi connectivity index (χ4n) is 4.94. The predicted octanol–water partition coefficient (Wildman–Crippen LogP) is 1.62. The second kappa shape index (κ2) is 8.48. The Morgan fingerprint density at radius 2 is 1.70 bits per heavy atom. The fraction of sp³-hybridized carbons (Fsp3) is 0.870. The van der Waals surface area contributed by atoms with Crippen molar-refractivity contribution in [1.82, 2.24) is 20.0 Å². The summed E-state index contributed by atoms with van der Waals surface area (Å²) in [4.78, 5) is 45.5. The number of rotatable bonds is 5. The largest absolute Gasteiger partial charge is 0.340 e. The Labute approximate surface area is 180 Å². The molecule has 2 unspecified atom stereocenters. The number of likely N-dealkylation sites (tertiary alicyclic amines) is 1. The normalized spacial score (nSPS) is 27.7. The van der Waals surface area contributed by atoms with Crippen LogP contribution in [0.15, 0.2) is 0 Å². The second-order valence-electron chi connectivity index (χ2n) is 10.9. The van der Waals surface area contributed by atoms with E-state index in [1.165, 1.54) is 0 Å². The lowest BCUT2D eigenvalue weighted by Gasteiger charge is -2.31. The SMILES string of the molecule is CC(C)(C)CC(=O)N(C1CC1)C1CC(C(=O)N2CCCNCC2)N(C(=O)C2CC2)C1. The Kier molecular flexibility index (Phi) is 6.11. The monoisotopic (exact) mass is 418 g/mol. The minimum absolute atomic E-state index is 0.0332. The Balaban J connectivity index is 1.52. The first-order valence-electron chi connectivity index (χ1n) is 11.9. The summed E-state index contributed by atoms with van der Waals surface area (Å²) in [6.07, 6.45) is 5.99. The summed E-state index contributed by atoms with van der Waals surface area (Å²) in [6, 6.07) is -0.155. The first kappa shape index (κ1) is 21.6. The van der Waals surface area contributed by atoms with Crippen molar-refractivity contribution in [2.75, 3.05) is 32.7 Å². The molecule has 4 aliphatic rings. The molecule has 2 aliphatic carbocycles. The molecule has 0 aromatic heterocycles. The van der Waals surface area contributed by atoms with Gasteiger partial charge in [-0.3, -0.25) is 14.4 Å². The number of amides is 3. The van der Waals surface area contributed by atoms with Gasteiger partial charge in [0.2, 0.25) is 17.7 Å². The van der Waals surface area contributed by atoms with E-state index >= 15 is 0 Å². The highest BCUT2D eigenvalue weighted by Gasteiger charge is 2.49. The molecule has 0 radical (unpaired) electrons. The number of carbonyl (C=O) groups excluding carboxylic acids is 3. The van der Waals surface area contributed by atoms with Gasteiger partial charge in [0.15, 0.2) is 0 Å². The molecule has 4 rings (SSSR count). The van der Waals surface area contributed by atoms with Crippen molar-refractivity contribution < 1.29 is 14.4 Å². The molecule has 30 heavy (non-hydrogen) atoms. The quantitative estimate of drug-likeness (QED) is 0.736. The zero-order valence-electron chi connectivity index (χ0n) is 18.9. The smallest absolute Gasteiger partial charge is 0.245 e. The molecule has 2 saturated carbocycles. The number of nitrogens with one attached hydrogen (secondary N) is 1. The van der Waals surface area contributed by atoms with E-state index in [1.807, 2.05) is 9.80 Å². The van der Waals surface area contributed by atoms with Gasteiger partial charge in [-0.05, 0) is 50.5 Å². The van der Waals surface area contributed by atoms with Crippen LogP contribution < -0.4 is 5.32 Å². The highest BCUT2D eigenvalue weighted by Crippen LogP contribution is 2.38. The van der Waals surface area contributed by atoms with E-state index in [9.17, 15) is 14.4 Å². The van der Waals surface area contributed by atoms with E-state index in [0.29, 0.717) is 32.0 Å². The molecule has 2 atom stereocenters. The van der Waals surface area contributed by atoms with Gasteiger partial charge in [-0.1, -0.05) is 20.8 Å². The summed E-state index contributed by atoms with van der Waals surface area (Å²) in [7, 11) is 0. The van der Waals surface area contributed by atoms with Crippen molar-refractivity contribution in [3.8, 4) is 0 Å². The van der Waals surface area contributed by atoms with Gasteiger partial charge in [0.1, 0.15) is 6.04 Å². The van der Waals surface area contributed by atoms with Crippen LogP contribution in [0.25, 0.3) is 0 Å². The maximum atomic E-state index is 13.5. The van der Waals surface area contributed by atoms with Crippen LogP contribution in [0.2, 0.25) is 0 Å². The molecule has 3 amide bonds. The first-order chi connectivity index (χ1) is 14.2. The zero-order valence-corrected chi connectivity index (χ0v) is 18.9. The summed E-state index contributed by atoms with van der Waals surface area (Å²) in [5.41, 5.74) is -0.0688. The molecule has 1 N–H and O–H groups in total. The van der Waals surface area contributed by atoms with E-state index in [0.717, 1.165) is 51.7 Å². The van der Waals surface area contributed by atoms with E-state index in [-0.39, 0.29) is 35.1 Å². The molecule has 0 aromatic rings. The van der Waals surface area contributed by atoms with Crippen LogP contribution in [0.4, 0.5) is 0 Å².